The predicted octanol–water partition coefficient (Wildman–Crippen LogP) is 2.45. The molecule has 2 N–H and O–H groups in total. The second kappa shape index (κ2) is 3.49. The second-order valence-corrected chi connectivity index (χ2v) is 3.51. The normalized spacial score (nSPS) is 13.1. The van der Waals surface area contributed by atoms with Gasteiger partial charge >= 0.3 is 0 Å². The van der Waals surface area contributed by atoms with Crippen molar-refractivity contribution < 1.29 is 4.39 Å². The Hall–Kier alpha value is -0.160. The molecule has 11 heavy (non-hydrogen) atoms. The van der Waals surface area contributed by atoms with E-state index in [1.165, 1.54) is 6.07 Å². The third-order valence-electron chi connectivity index (χ3n) is 1.47. The van der Waals surface area contributed by atoms with E-state index in [0.29, 0.717) is 3.57 Å². The summed E-state index contributed by atoms with van der Waals surface area (Å²) in [5.74, 6) is -0.194. The zero-order valence-electron chi connectivity index (χ0n) is 6.14. The molecule has 1 atom stereocenters. The quantitative estimate of drug-likeness (QED) is 0.775. The zero-order chi connectivity index (χ0) is 8.43. The number of hydrogen-bond acceptors (Lipinski definition) is 1. The first-order chi connectivity index (χ1) is 5.13. The van der Waals surface area contributed by atoms with Gasteiger partial charge in [-0.1, -0.05) is 12.1 Å². The van der Waals surface area contributed by atoms with Crippen LogP contribution >= 0.6 is 22.6 Å². The minimum atomic E-state index is -0.194. The van der Waals surface area contributed by atoms with Gasteiger partial charge in [-0.05, 0) is 41.1 Å². The summed E-state index contributed by atoms with van der Waals surface area (Å²) in [6.45, 7) is 1.84. The van der Waals surface area contributed by atoms with Crippen molar-refractivity contribution in [3.8, 4) is 0 Å². The van der Waals surface area contributed by atoms with Gasteiger partial charge in [-0.15, -0.1) is 0 Å². The molecular formula is C8H9FIN. The summed E-state index contributed by atoms with van der Waals surface area (Å²) in [5, 5.41) is 0. The SMILES string of the molecule is C[C@H](N)c1cccc(F)c1I. The van der Waals surface area contributed by atoms with Crippen LogP contribution < -0.4 is 5.73 Å². The van der Waals surface area contributed by atoms with E-state index in [1.807, 2.05) is 35.6 Å². The summed E-state index contributed by atoms with van der Waals surface area (Å²) in [6, 6.07) is 4.86. The predicted molar refractivity (Wildman–Crippen MR) is 51.7 cm³/mol. The van der Waals surface area contributed by atoms with Gasteiger partial charge in [-0.25, -0.2) is 4.39 Å². The molecule has 0 aliphatic carbocycles. The first kappa shape index (κ1) is 8.93. The smallest absolute Gasteiger partial charge is 0.136 e. The van der Waals surface area contributed by atoms with Crippen molar-refractivity contribution >= 4 is 22.6 Å². The van der Waals surface area contributed by atoms with Crippen LogP contribution in [-0.4, -0.2) is 0 Å². The number of rotatable bonds is 1. The van der Waals surface area contributed by atoms with E-state index in [2.05, 4.69) is 0 Å². The summed E-state index contributed by atoms with van der Waals surface area (Å²) < 4.78 is 13.5. The Labute approximate surface area is 78.9 Å². The zero-order valence-corrected chi connectivity index (χ0v) is 8.30. The lowest BCUT2D eigenvalue weighted by Crippen LogP contribution is -2.07. The maximum atomic E-state index is 12.9. The van der Waals surface area contributed by atoms with Gasteiger partial charge in [0.2, 0.25) is 0 Å². The Kier molecular flexibility index (Phi) is 2.84. The van der Waals surface area contributed by atoms with Gasteiger partial charge in [0, 0.05) is 6.04 Å². The van der Waals surface area contributed by atoms with Gasteiger partial charge in [0.15, 0.2) is 0 Å². The number of nitrogens with two attached hydrogens (primary N) is 1. The Morgan fingerprint density at radius 1 is 1.55 bits per heavy atom. The molecule has 0 saturated carbocycles. The molecule has 0 saturated heterocycles. The first-order valence-electron chi connectivity index (χ1n) is 3.32. The molecular weight excluding hydrogens is 256 g/mol. The molecule has 3 heteroatoms. The van der Waals surface area contributed by atoms with Crippen molar-refractivity contribution in [2.45, 2.75) is 13.0 Å². The number of hydrogen-bond donors (Lipinski definition) is 1. The average molecular weight is 265 g/mol. The molecule has 0 fully saturated rings. The van der Waals surface area contributed by atoms with E-state index in [1.54, 1.807) is 6.07 Å². The van der Waals surface area contributed by atoms with Crippen LogP contribution in [0.2, 0.25) is 0 Å². The van der Waals surface area contributed by atoms with E-state index in [0.717, 1.165) is 5.56 Å². The third-order valence-corrected chi connectivity index (χ3v) is 2.61. The fraction of sp³-hybridized carbons (Fsp3) is 0.250. The largest absolute Gasteiger partial charge is 0.324 e. The van der Waals surface area contributed by atoms with Crippen LogP contribution in [0.5, 0.6) is 0 Å². The van der Waals surface area contributed by atoms with Gasteiger partial charge < -0.3 is 5.73 Å². The fourth-order valence-corrected chi connectivity index (χ4v) is 1.72. The number of halogens is 2. The highest BCUT2D eigenvalue weighted by molar-refractivity contribution is 14.1. The average Bonchev–Trinajstić information content (AvgIpc) is 1.94. The molecule has 0 spiro atoms. The van der Waals surface area contributed by atoms with Gasteiger partial charge in [0.1, 0.15) is 5.82 Å². The topological polar surface area (TPSA) is 26.0 Å². The molecule has 1 aromatic carbocycles. The van der Waals surface area contributed by atoms with Gasteiger partial charge in [-0.2, -0.15) is 0 Å². The highest BCUT2D eigenvalue weighted by Crippen LogP contribution is 2.20. The van der Waals surface area contributed by atoms with Crippen LogP contribution in [0.4, 0.5) is 4.39 Å². The van der Waals surface area contributed by atoms with Crippen molar-refractivity contribution in [3.63, 3.8) is 0 Å². The van der Waals surface area contributed by atoms with Gasteiger partial charge in [0.05, 0.1) is 3.57 Å². The van der Waals surface area contributed by atoms with Crippen molar-refractivity contribution in [3.05, 3.63) is 33.1 Å². The molecule has 60 valence electrons. The van der Waals surface area contributed by atoms with Crippen molar-refractivity contribution in [1.82, 2.24) is 0 Å². The molecule has 1 nitrogen and oxygen atoms in total. The summed E-state index contributed by atoms with van der Waals surface area (Å²) in [6.07, 6.45) is 0. The minimum absolute atomic E-state index is 0.0994. The van der Waals surface area contributed by atoms with Crippen LogP contribution in [0.15, 0.2) is 18.2 Å². The molecule has 0 heterocycles. The molecule has 0 radical (unpaired) electrons. The Morgan fingerprint density at radius 2 is 2.18 bits per heavy atom. The highest BCUT2D eigenvalue weighted by Gasteiger charge is 2.07. The molecule has 0 aliphatic rings. The number of benzene rings is 1. The van der Waals surface area contributed by atoms with Crippen LogP contribution in [0, 0.1) is 9.39 Å². The molecule has 0 unspecified atom stereocenters. The standard InChI is InChI=1S/C8H9FIN/c1-5(11)6-3-2-4-7(9)8(6)10/h2-5H,11H2,1H3/t5-/m0/s1. The molecule has 0 aromatic heterocycles. The Bertz CT molecular complexity index is 260. The lowest BCUT2D eigenvalue weighted by Gasteiger charge is -2.07. The Morgan fingerprint density at radius 3 is 2.64 bits per heavy atom. The van der Waals surface area contributed by atoms with E-state index in [4.69, 9.17) is 5.73 Å². The summed E-state index contributed by atoms with van der Waals surface area (Å²) in [4.78, 5) is 0. The lowest BCUT2D eigenvalue weighted by molar-refractivity contribution is 0.613. The highest BCUT2D eigenvalue weighted by atomic mass is 127. The molecule has 0 bridgehead atoms. The first-order valence-corrected chi connectivity index (χ1v) is 4.40. The molecule has 1 rings (SSSR count). The summed E-state index contributed by atoms with van der Waals surface area (Å²) >= 11 is 1.97. The van der Waals surface area contributed by atoms with E-state index >= 15 is 0 Å². The molecule has 0 aliphatic heterocycles. The lowest BCUT2D eigenvalue weighted by atomic mass is 10.1. The van der Waals surface area contributed by atoms with Gasteiger partial charge in [0.25, 0.3) is 0 Å². The van der Waals surface area contributed by atoms with Crippen LogP contribution in [0.3, 0.4) is 0 Å². The second-order valence-electron chi connectivity index (χ2n) is 2.43. The van der Waals surface area contributed by atoms with Crippen LogP contribution in [-0.2, 0) is 0 Å². The van der Waals surface area contributed by atoms with Crippen LogP contribution in [0.1, 0.15) is 18.5 Å². The maximum absolute atomic E-state index is 12.9. The van der Waals surface area contributed by atoms with E-state index in [9.17, 15) is 4.39 Å². The van der Waals surface area contributed by atoms with Gasteiger partial charge in [-0.3, -0.25) is 0 Å². The van der Waals surface area contributed by atoms with Crippen molar-refractivity contribution in [2.24, 2.45) is 5.73 Å². The van der Waals surface area contributed by atoms with Crippen molar-refractivity contribution in [2.75, 3.05) is 0 Å². The minimum Gasteiger partial charge on any atom is -0.324 e. The fourth-order valence-electron chi connectivity index (χ4n) is 0.872. The molecule has 1 aromatic rings. The third kappa shape index (κ3) is 1.90. The van der Waals surface area contributed by atoms with Crippen molar-refractivity contribution in [1.29, 1.82) is 0 Å². The summed E-state index contributed by atoms with van der Waals surface area (Å²) in [5.41, 5.74) is 6.48. The molecule has 0 amide bonds. The summed E-state index contributed by atoms with van der Waals surface area (Å²) in [7, 11) is 0. The Balaban J connectivity index is 3.17. The maximum Gasteiger partial charge on any atom is 0.136 e. The van der Waals surface area contributed by atoms with E-state index < -0.39 is 0 Å². The van der Waals surface area contributed by atoms with Crippen LogP contribution in [0.25, 0.3) is 0 Å². The monoisotopic (exact) mass is 265 g/mol. The van der Waals surface area contributed by atoms with E-state index in [-0.39, 0.29) is 11.9 Å².